The first-order valence-electron chi connectivity index (χ1n) is 10.00. The van der Waals surface area contributed by atoms with Crippen molar-refractivity contribution in [2.45, 2.75) is 76.7 Å². The van der Waals surface area contributed by atoms with E-state index in [0.29, 0.717) is 5.75 Å². The van der Waals surface area contributed by atoms with Gasteiger partial charge in [-0.15, -0.1) is 10.2 Å². The van der Waals surface area contributed by atoms with Crippen LogP contribution >= 0.6 is 11.8 Å². The predicted molar refractivity (Wildman–Crippen MR) is 106 cm³/mol. The number of carbonyl (C=O) groups excluding carboxylic acids is 1. The van der Waals surface area contributed by atoms with Gasteiger partial charge in [0.15, 0.2) is 10.9 Å². The van der Waals surface area contributed by atoms with Crippen molar-refractivity contribution in [3.05, 3.63) is 28.8 Å². The van der Waals surface area contributed by atoms with Crippen LogP contribution in [0, 0.1) is 13.8 Å². The molecule has 2 aromatic heterocycles. The Labute approximate surface area is 164 Å². The molecule has 0 N–H and O–H groups in total. The number of aryl methyl sites for hydroxylation is 2. The lowest BCUT2D eigenvalue weighted by Crippen LogP contribution is -2.17. The summed E-state index contributed by atoms with van der Waals surface area (Å²) in [6.45, 7) is 6.78. The lowest BCUT2D eigenvalue weighted by molar-refractivity contribution is 0.0957. The average Bonchev–Trinajstić information content (AvgIpc) is 3.33. The van der Waals surface area contributed by atoms with E-state index in [9.17, 15) is 4.79 Å². The van der Waals surface area contributed by atoms with Crippen LogP contribution in [0.2, 0.25) is 0 Å². The third-order valence-electron chi connectivity index (χ3n) is 5.69. The van der Waals surface area contributed by atoms with Gasteiger partial charge in [-0.3, -0.25) is 4.79 Å². The highest BCUT2D eigenvalue weighted by atomic mass is 32.2. The first-order valence-corrected chi connectivity index (χ1v) is 11.0. The molecule has 27 heavy (non-hydrogen) atoms. The van der Waals surface area contributed by atoms with E-state index in [1.165, 1.54) is 24.6 Å². The van der Waals surface area contributed by atoms with Gasteiger partial charge in [0.05, 0.1) is 11.9 Å². The van der Waals surface area contributed by atoms with E-state index < -0.39 is 0 Å². The van der Waals surface area contributed by atoms with Gasteiger partial charge in [-0.1, -0.05) is 18.2 Å². The van der Waals surface area contributed by atoms with E-state index in [1.54, 1.807) is 0 Å². The molecule has 6 nitrogen and oxygen atoms in total. The topological polar surface area (TPSA) is 61.9 Å². The van der Waals surface area contributed by atoms with E-state index >= 15 is 0 Å². The Bertz CT molecular complexity index is 820. The summed E-state index contributed by atoms with van der Waals surface area (Å²) in [7, 11) is 0. The monoisotopic (exact) mass is 388 g/mol. The number of ketones is 1. The zero-order valence-corrected chi connectivity index (χ0v) is 17.1. The van der Waals surface area contributed by atoms with Crippen molar-refractivity contribution < 1.29 is 9.53 Å². The Morgan fingerprint density at radius 1 is 1.26 bits per heavy atom. The standard InChI is InChI=1S/C20H28N4O2S/c1-14-11-17(15(2)24(14)12-16-7-6-10-26-16)18(25)13-27-20-22-21-19-8-4-3-5-9-23(19)20/h11,16H,3-10,12-13H2,1-2H3/t16-/m0/s1. The maximum Gasteiger partial charge on any atom is 0.191 e. The molecule has 4 heterocycles. The number of carbonyl (C=O) groups is 1. The summed E-state index contributed by atoms with van der Waals surface area (Å²) in [5.41, 5.74) is 3.01. The minimum Gasteiger partial charge on any atom is -0.376 e. The summed E-state index contributed by atoms with van der Waals surface area (Å²) < 4.78 is 10.2. The quantitative estimate of drug-likeness (QED) is 0.559. The second-order valence-corrected chi connectivity index (χ2v) is 8.55. The van der Waals surface area contributed by atoms with Gasteiger partial charge in [0.1, 0.15) is 5.82 Å². The summed E-state index contributed by atoms with van der Waals surface area (Å²) in [6, 6.07) is 2.03. The minimum atomic E-state index is 0.165. The molecule has 4 rings (SSSR count). The van der Waals surface area contributed by atoms with E-state index in [4.69, 9.17) is 4.74 Å². The van der Waals surface area contributed by atoms with Gasteiger partial charge in [-0.05, 0) is 45.6 Å². The summed E-state index contributed by atoms with van der Waals surface area (Å²) in [5, 5.41) is 9.53. The molecule has 7 heteroatoms. The van der Waals surface area contributed by atoms with Crippen LogP contribution in [0.1, 0.15) is 59.7 Å². The molecule has 2 aromatic rings. The molecule has 0 unspecified atom stereocenters. The minimum absolute atomic E-state index is 0.165. The van der Waals surface area contributed by atoms with E-state index in [-0.39, 0.29) is 11.9 Å². The van der Waals surface area contributed by atoms with Gasteiger partial charge in [0.2, 0.25) is 0 Å². The summed E-state index contributed by atoms with van der Waals surface area (Å²) in [6.07, 6.45) is 7.09. The fourth-order valence-electron chi connectivity index (χ4n) is 4.13. The van der Waals surface area contributed by atoms with Crippen LogP contribution < -0.4 is 0 Å². The number of aromatic nitrogens is 4. The predicted octanol–water partition coefficient (Wildman–Crippen LogP) is 3.58. The number of Topliss-reactive ketones (excluding diaryl/α,β-unsaturated/α-hetero) is 1. The van der Waals surface area contributed by atoms with Crippen LogP contribution in [0.15, 0.2) is 11.2 Å². The number of thioether (sulfide) groups is 1. The molecular formula is C20H28N4O2S. The maximum atomic E-state index is 12.9. The highest BCUT2D eigenvalue weighted by molar-refractivity contribution is 7.99. The van der Waals surface area contributed by atoms with Crippen molar-refractivity contribution in [3.8, 4) is 0 Å². The molecule has 0 saturated carbocycles. The Morgan fingerprint density at radius 2 is 2.15 bits per heavy atom. The molecule has 1 fully saturated rings. The van der Waals surface area contributed by atoms with Crippen molar-refractivity contribution in [3.63, 3.8) is 0 Å². The molecule has 1 saturated heterocycles. The fraction of sp³-hybridized carbons (Fsp3) is 0.650. The van der Waals surface area contributed by atoms with Gasteiger partial charge >= 0.3 is 0 Å². The third kappa shape index (κ3) is 3.99. The molecular weight excluding hydrogens is 360 g/mol. The number of rotatable bonds is 6. The first-order chi connectivity index (χ1) is 13.1. The van der Waals surface area contributed by atoms with E-state index in [0.717, 1.165) is 73.3 Å². The Hall–Kier alpha value is -1.60. The lowest BCUT2D eigenvalue weighted by Gasteiger charge is -2.14. The van der Waals surface area contributed by atoms with Crippen LogP contribution in [0.3, 0.4) is 0 Å². The van der Waals surface area contributed by atoms with Gasteiger partial charge in [-0.25, -0.2) is 0 Å². The van der Waals surface area contributed by atoms with Crippen molar-refractivity contribution >= 4 is 17.5 Å². The number of ether oxygens (including phenoxy) is 1. The molecule has 146 valence electrons. The number of fused-ring (bicyclic) bond motifs is 1. The van der Waals surface area contributed by atoms with Crippen molar-refractivity contribution in [2.75, 3.05) is 12.4 Å². The molecule has 0 amide bonds. The normalized spacial score (nSPS) is 19.9. The number of hydrogen-bond acceptors (Lipinski definition) is 5. The number of hydrogen-bond donors (Lipinski definition) is 0. The Kier molecular flexibility index (Phi) is 5.68. The highest BCUT2D eigenvalue weighted by Gasteiger charge is 2.22. The SMILES string of the molecule is Cc1cc(C(=O)CSc2nnc3n2CCCCC3)c(C)n1C[C@@H]1CCCO1. The molecule has 0 spiro atoms. The Balaban J connectivity index is 1.43. The summed E-state index contributed by atoms with van der Waals surface area (Å²) >= 11 is 1.52. The lowest BCUT2D eigenvalue weighted by atomic mass is 10.2. The van der Waals surface area contributed by atoms with Crippen LogP contribution in [-0.4, -0.2) is 43.6 Å². The van der Waals surface area contributed by atoms with Crippen molar-refractivity contribution in [1.29, 1.82) is 0 Å². The van der Waals surface area contributed by atoms with Crippen LogP contribution in [0.25, 0.3) is 0 Å². The zero-order valence-electron chi connectivity index (χ0n) is 16.2. The van der Waals surface area contributed by atoms with Gasteiger partial charge in [0.25, 0.3) is 0 Å². The van der Waals surface area contributed by atoms with Crippen LogP contribution in [0.4, 0.5) is 0 Å². The fourth-order valence-corrected chi connectivity index (χ4v) is 5.00. The smallest absolute Gasteiger partial charge is 0.191 e. The molecule has 0 aromatic carbocycles. The maximum absolute atomic E-state index is 12.9. The largest absolute Gasteiger partial charge is 0.376 e. The molecule has 0 radical (unpaired) electrons. The highest BCUT2D eigenvalue weighted by Crippen LogP contribution is 2.25. The van der Waals surface area contributed by atoms with Crippen LogP contribution in [-0.2, 0) is 24.2 Å². The molecule has 2 aliphatic rings. The second kappa shape index (κ2) is 8.19. The van der Waals surface area contributed by atoms with Gasteiger partial charge in [0, 0.05) is 43.1 Å². The van der Waals surface area contributed by atoms with Crippen molar-refractivity contribution in [2.24, 2.45) is 0 Å². The van der Waals surface area contributed by atoms with Gasteiger partial charge < -0.3 is 13.9 Å². The molecule has 1 atom stereocenters. The number of nitrogens with zero attached hydrogens (tertiary/aromatic N) is 4. The summed E-state index contributed by atoms with van der Waals surface area (Å²) in [5.74, 6) is 1.64. The van der Waals surface area contributed by atoms with Crippen molar-refractivity contribution in [1.82, 2.24) is 19.3 Å². The Morgan fingerprint density at radius 3 is 2.96 bits per heavy atom. The van der Waals surface area contributed by atoms with Gasteiger partial charge in [-0.2, -0.15) is 0 Å². The summed E-state index contributed by atoms with van der Waals surface area (Å²) in [4.78, 5) is 12.9. The van der Waals surface area contributed by atoms with Crippen LogP contribution in [0.5, 0.6) is 0 Å². The molecule has 2 aliphatic heterocycles. The first kappa shape index (κ1) is 18.7. The third-order valence-corrected chi connectivity index (χ3v) is 6.66. The second-order valence-electron chi connectivity index (χ2n) is 7.60. The average molecular weight is 389 g/mol. The zero-order chi connectivity index (χ0) is 18.8. The molecule has 0 bridgehead atoms. The molecule has 0 aliphatic carbocycles. The van der Waals surface area contributed by atoms with E-state index in [2.05, 4.69) is 26.3 Å². The van der Waals surface area contributed by atoms with E-state index in [1.807, 2.05) is 13.0 Å².